The van der Waals surface area contributed by atoms with E-state index in [2.05, 4.69) is 10.3 Å². The number of hydrogen-bond donors (Lipinski definition) is 1. The average Bonchev–Trinajstić information content (AvgIpc) is 3.52. The quantitative estimate of drug-likeness (QED) is 0.665. The first-order valence-electron chi connectivity index (χ1n) is 12.3. The Balaban J connectivity index is 1.41. The van der Waals surface area contributed by atoms with Crippen LogP contribution >= 0.6 is 0 Å². The Morgan fingerprint density at radius 1 is 1.09 bits per heavy atom. The van der Waals surface area contributed by atoms with Gasteiger partial charge in [-0.25, -0.2) is 9.78 Å². The average molecular weight is 483 g/mol. The molecule has 0 radical (unpaired) electrons. The van der Waals surface area contributed by atoms with Crippen molar-refractivity contribution in [1.29, 1.82) is 0 Å². The van der Waals surface area contributed by atoms with Gasteiger partial charge < -0.3 is 24.3 Å². The van der Waals surface area contributed by atoms with Gasteiger partial charge >= 0.3 is 6.09 Å². The van der Waals surface area contributed by atoms with E-state index in [0.717, 1.165) is 12.8 Å². The third-order valence-electron chi connectivity index (χ3n) is 6.14. The Hall–Kier alpha value is -3.36. The number of likely N-dealkylation sites (tertiary alicyclic amines) is 1. The molecular weight excluding hydrogens is 448 g/mol. The van der Waals surface area contributed by atoms with Gasteiger partial charge in [-0.1, -0.05) is 0 Å². The van der Waals surface area contributed by atoms with Crippen LogP contribution in [0.3, 0.4) is 0 Å². The van der Waals surface area contributed by atoms with E-state index in [1.807, 2.05) is 32.6 Å². The summed E-state index contributed by atoms with van der Waals surface area (Å²) in [6.45, 7) is 9.10. The number of hydrogen-bond acceptors (Lipinski definition) is 6. The first-order chi connectivity index (χ1) is 16.7. The lowest BCUT2D eigenvalue weighted by atomic mass is 10.0. The van der Waals surface area contributed by atoms with Crippen LogP contribution in [0.25, 0.3) is 11.5 Å². The molecule has 1 N–H and O–H groups in total. The van der Waals surface area contributed by atoms with E-state index in [1.54, 1.807) is 29.2 Å². The molecule has 0 unspecified atom stereocenters. The Morgan fingerprint density at radius 2 is 1.71 bits per heavy atom. The van der Waals surface area contributed by atoms with Crippen molar-refractivity contribution in [3.63, 3.8) is 0 Å². The topological polar surface area (TPSA) is 105 Å². The summed E-state index contributed by atoms with van der Waals surface area (Å²) < 4.78 is 11.1. The van der Waals surface area contributed by atoms with Crippen LogP contribution in [-0.4, -0.2) is 70.0 Å². The number of carbonyl (C=O) groups excluding carboxylic acids is 3. The lowest BCUT2D eigenvalue weighted by Gasteiger charge is -2.38. The van der Waals surface area contributed by atoms with Gasteiger partial charge in [-0.3, -0.25) is 9.59 Å². The molecule has 2 heterocycles. The second-order valence-corrected chi connectivity index (χ2v) is 10.1. The van der Waals surface area contributed by atoms with E-state index in [4.69, 9.17) is 9.15 Å². The minimum absolute atomic E-state index is 0.0465. The number of rotatable bonds is 6. The molecule has 0 atom stereocenters. The number of nitrogens with zero attached hydrogens (tertiary/aromatic N) is 3. The molecule has 9 nitrogen and oxygen atoms in total. The lowest BCUT2D eigenvalue weighted by molar-refractivity contribution is 0.0141. The third kappa shape index (κ3) is 6.01. The first-order valence-corrected chi connectivity index (χ1v) is 12.3. The lowest BCUT2D eigenvalue weighted by Crippen LogP contribution is -2.50. The summed E-state index contributed by atoms with van der Waals surface area (Å²) in [5.41, 5.74) is 0.989. The molecule has 0 spiro atoms. The minimum atomic E-state index is -0.531. The highest BCUT2D eigenvalue weighted by atomic mass is 16.6. The van der Waals surface area contributed by atoms with Crippen molar-refractivity contribution in [3.8, 4) is 11.5 Å². The summed E-state index contributed by atoms with van der Waals surface area (Å²) in [6, 6.07) is 7.19. The predicted molar refractivity (Wildman–Crippen MR) is 130 cm³/mol. The van der Waals surface area contributed by atoms with Gasteiger partial charge in [0.15, 0.2) is 5.69 Å². The highest BCUT2D eigenvalue weighted by molar-refractivity contribution is 5.95. The van der Waals surface area contributed by atoms with Gasteiger partial charge in [-0.2, -0.15) is 0 Å². The fraction of sp³-hybridized carbons (Fsp3) is 0.538. The zero-order valence-corrected chi connectivity index (χ0v) is 20.9. The van der Waals surface area contributed by atoms with Crippen LogP contribution in [0.1, 0.15) is 74.2 Å². The van der Waals surface area contributed by atoms with E-state index >= 15 is 0 Å². The molecule has 4 rings (SSSR count). The van der Waals surface area contributed by atoms with Crippen molar-refractivity contribution in [2.45, 2.75) is 71.1 Å². The number of carbonyl (C=O) groups is 3. The van der Waals surface area contributed by atoms with E-state index in [-0.39, 0.29) is 35.7 Å². The van der Waals surface area contributed by atoms with Crippen LogP contribution < -0.4 is 5.32 Å². The number of nitrogens with one attached hydrogen (secondary N) is 1. The molecular formula is C26H34N4O5. The molecule has 2 aliphatic rings. The standard InChI is InChI=1S/C26H34N4O5/c1-5-27-22(31)17-6-8-18(9-7-17)23-28-21(16-34-23)24(32)30(19-10-11-19)20-12-14-29(15-13-20)25(33)35-26(2,3)4/h6-9,16,19-20H,5,10-15H2,1-4H3,(H,27,31). The Bertz CT molecular complexity index is 1060. The fourth-order valence-corrected chi connectivity index (χ4v) is 4.30. The molecule has 1 aliphatic carbocycles. The summed E-state index contributed by atoms with van der Waals surface area (Å²) >= 11 is 0. The maximum atomic E-state index is 13.4. The monoisotopic (exact) mass is 482 g/mol. The summed E-state index contributed by atoms with van der Waals surface area (Å²) in [6.07, 6.45) is 4.45. The highest BCUT2D eigenvalue weighted by Crippen LogP contribution is 2.34. The molecule has 1 saturated carbocycles. The summed E-state index contributed by atoms with van der Waals surface area (Å²) in [5.74, 6) is 0.0589. The second kappa shape index (κ2) is 10.1. The normalized spacial score (nSPS) is 16.6. The Kier molecular flexibility index (Phi) is 7.14. The van der Waals surface area contributed by atoms with Crippen molar-refractivity contribution < 1.29 is 23.5 Å². The van der Waals surface area contributed by atoms with E-state index in [9.17, 15) is 14.4 Å². The maximum Gasteiger partial charge on any atom is 0.410 e. The number of benzene rings is 1. The number of ether oxygens (including phenoxy) is 1. The van der Waals surface area contributed by atoms with Gasteiger partial charge in [0.25, 0.3) is 11.8 Å². The number of aromatic nitrogens is 1. The summed E-state index contributed by atoms with van der Waals surface area (Å²) in [5, 5.41) is 2.76. The Morgan fingerprint density at radius 3 is 2.29 bits per heavy atom. The number of piperidine rings is 1. The van der Waals surface area contributed by atoms with Crippen LogP contribution in [0, 0.1) is 0 Å². The van der Waals surface area contributed by atoms with E-state index in [0.29, 0.717) is 49.5 Å². The van der Waals surface area contributed by atoms with Crippen molar-refractivity contribution in [2.24, 2.45) is 0 Å². The minimum Gasteiger partial charge on any atom is -0.444 e. The first kappa shape index (κ1) is 24.8. The zero-order valence-electron chi connectivity index (χ0n) is 20.9. The van der Waals surface area contributed by atoms with Crippen LogP contribution in [-0.2, 0) is 4.74 Å². The molecule has 1 aromatic heterocycles. The summed E-state index contributed by atoms with van der Waals surface area (Å²) in [7, 11) is 0. The molecule has 188 valence electrons. The van der Waals surface area contributed by atoms with Gasteiger partial charge in [-0.15, -0.1) is 0 Å². The van der Waals surface area contributed by atoms with Crippen molar-refractivity contribution in [3.05, 3.63) is 41.8 Å². The number of oxazole rings is 1. The molecule has 1 saturated heterocycles. The van der Waals surface area contributed by atoms with Crippen LogP contribution in [0.15, 0.2) is 34.9 Å². The van der Waals surface area contributed by atoms with Crippen LogP contribution in [0.2, 0.25) is 0 Å². The van der Waals surface area contributed by atoms with Crippen LogP contribution in [0.4, 0.5) is 4.79 Å². The molecule has 3 amide bonds. The van der Waals surface area contributed by atoms with Crippen LogP contribution in [0.5, 0.6) is 0 Å². The second-order valence-electron chi connectivity index (χ2n) is 10.1. The third-order valence-corrected chi connectivity index (χ3v) is 6.14. The molecule has 0 bridgehead atoms. The van der Waals surface area contributed by atoms with Gasteiger partial charge in [0.05, 0.1) is 0 Å². The van der Waals surface area contributed by atoms with Gasteiger partial charge in [0.2, 0.25) is 5.89 Å². The van der Waals surface area contributed by atoms with Gasteiger partial charge in [0, 0.05) is 42.8 Å². The fourth-order valence-electron chi connectivity index (χ4n) is 4.30. The largest absolute Gasteiger partial charge is 0.444 e. The molecule has 35 heavy (non-hydrogen) atoms. The Labute approximate surface area is 205 Å². The zero-order chi connectivity index (χ0) is 25.2. The molecule has 2 aromatic rings. The molecule has 9 heteroatoms. The molecule has 1 aliphatic heterocycles. The SMILES string of the molecule is CCNC(=O)c1ccc(-c2nc(C(=O)N(C3CC3)C3CCN(C(=O)OC(C)(C)C)CC3)co2)cc1. The van der Waals surface area contributed by atoms with Gasteiger partial charge in [-0.05, 0) is 77.6 Å². The highest BCUT2D eigenvalue weighted by Gasteiger charge is 2.40. The van der Waals surface area contributed by atoms with Gasteiger partial charge in [0.1, 0.15) is 11.9 Å². The van der Waals surface area contributed by atoms with Crippen molar-refractivity contribution in [2.75, 3.05) is 19.6 Å². The van der Waals surface area contributed by atoms with E-state index < -0.39 is 5.60 Å². The smallest absolute Gasteiger partial charge is 0.410 e. The number of amides is 3. The maximum absolute atomic E-state index is 13.4. The van der Waals surface area contributed by atoms with Crippen molar-refractivity contribution >= 4 is 17.9 Å². The predicted octanol–water partition coefficient (Wildman–Crippen LogP) is 4.10. The molecule has 1 aromatic carbocycles. The molecule has 2 fully saturated rings. The summed E-state index contributed by atoms with van der Waals surface area (Å²) in [4.78, 5) is 45.9. The van der Waals surface area contributed by atoms with E-state index in [1.165, 1.54) is 6.26 Å². The van der Waals surface area contributed by atoms with Crippen molar-refractivity contribution in [1.82, 2.24) is 20.1 Å².